The van der Waals surface area contributed by atoms with Gasteiger partial charge in [-0.05, 0) is 62.6 Å². The van der Waals surface area contributed by atoms with Crippen LogP contribution in [-0.4, -0.2) is 44.1 Å². The van der Waals surface area contributed by atoms with E-state index in [9.17, 15) is 9.59 Å². The molecule has 1 heterocycles. The highest BCUT2D eigenvalue weighted by molar-refractivity contribution is 7.18. The first-order chi connectivity index (χ1) is 14.5. The number of nitrogens with one attached hydrogen (secondary N) is 3. The lowest BCUT2D eigenvalue weighted by atomic mass is 10.3. The molecule has 0 bridgehead atoms. The SMILES string of the molecule is CN(C)CCOc1ccc(NC(=O)c2ccc(NC(=O)Nc3ccccc3)s2)cc1. The second-order valence-electron chi connectivity index (χ2n) is 6.74. The number of para-hydroxylation sites is 1. The van der Waals surface area contributed by atoms with E-state index < -0.39 is 0 Å². The van der Waals surface area contributed by atoms with Gasteiger partial charge >= 0.3 is 6.03 Å². The van der Waals surface area contributed by atoms with Crippen molar-refractivity contribution in [3.8, 4) is 5.75 Å². The predicted octanol–water partition coefficient (Wildman–Crippen LogP) is 4.58. The highest BCUT2D eigenvalue weighted by atomic mass is 32.1. The molecule has 7 nitrogen and oxygen atoms in total. The molecule has 1 aromatic heterocycles. The van der Waals surface area contributed by atoms with Crippen LogP contribution in [0.25, 0.3) is 0 Å². The second kappa shape index (κ2) is 10.4. The largest absolute Gasteiger partial charge is 0.492 e. The molecule has 0 radical (unpaired) electrons. The Kier molecular flexibility index (Phi) is 7.42. The average molecular weight is 425 g/mol. The van der Waals surface area contributed by atoms with Crippen molar-refractivity contribution in [1.82, 2.24) is 4.90 Å². The summed E-state index contributed by atoms with van der Waals surface area (Å²) in [6.07, 6.45) is 0. The van der Waals surface area contributed by atoms with Crippen LogP contribution < -0.4 is 20.7 Å². The number of ether oxygens (including phenoxy) is 1. The first-order valence-electron chi connectivity index (χ1n) is 9.41. The van der Waals surface area contributed by atoms with Crippen molar-refractivity contribution in [2.75, 3.05) is 43.2 Å². The van der Waals surface area contributed by atoms with E-state index in [4.69, 9.17) is 4.74 Å². The van der Waals surface area contributed by atoms with E-state index in [1.165, 1.54) is 11.3 Å². The molecule has 8 heteroatoms. The van der Waals surface area contributed by atoms with Crippen LogP contribution in [0.4, 0.5) is 21.2 Å². The van der Waals surface area contributed by atoms with Gasteiger partial charge in [0.2, 0.25) is 0 Å². The van der Waals surface area contributed by atoms with Crippen LogP contribution >= 0.6 is 11.3 Å². The summed E-state index contributed by atoms with van der Waals surface area (Å²) in [6, 6.07) is 19.4. The lowest BCUT2D eigenvalue weighted by molar-refractivity contribution is 0.103. The van der Waals surface area contributed by atoms with Crippen molar-refractivity contribution in [3.05, 3.63) is 71.6 Å². The van der Waals surface area contributed by atoms with E-state index >= 15 is 0 Å². The number of carbonyl (C=O) groups excluding carboxylic acids is 2. The van der Waals surface area contributed by atoms with Crippen molar-refractivity contribution in [2.24, 2.45) is 0 Å². The van der Waals surface area contributed by atoms with Crippen LogP contribution in [0.1, 0.15) is 9.67 Å². The lowest BCUT2D eigenvalue weighted by Gasteiger charge is -2.11. The van der Waals surface area contributed by atoms with E-state index in [0.29, 0.717) is 27.9 Å². The van der Waals surface area contributed by atoms with Crippen LogP contribution in [0.3, 0.4) is 0 Å². The minimum atomic E-state index is -0.361. The molecule has 0 aliphatic heterocycles. The highest BCUT2D eigenvalue weighted by Gasteiger charge is 2.11. The number of rotatable bonds is 8. The topological polar surface area (TPSA) is 82.7 Å². The number of benzene rings is 2. The third-order valence-corrected chi connectivity index (χ3v) is 5.02. The van der Waals surface area contributed by atoms with Crippen molar-refractivity contribution in [2.45, 2.75) is 0 Å². The zero-order chi connectivity index (χ0) is 21.3. The summed E-state index contributed by atoms with van der Waals surface area (Å²) in [7, 11) is 3.98. The minimum Gasteiger partial charge on any atom is -0.492 e. The monoisotopic (exact) mass is 424 g/mol. The molecule has 0 aliphatic rings. The van der Waals surface area contributed by atoms with Crippen LogP contribution in [0.15, 0.2) is 66.7 Å². The Morgan fingerprint density at radius 3 is 2.27 bits per heavy atom. The molecular formula is C22H24N4O3S. The molecule has 30 heavy (non-hydrogen) atoms. The standard InChI is InChI=1S/C22H24N4O3S/c1-26(2)14-15-29-18-10-8-17(9-11-18)23-21(27)19-12-13-20(30-19)25-22(28)24-16-6-4-3-5-7-16/h3-13H,14-15H2,1-2H3,(H,23,27)(H2,24,25,28). The Labute approximate surface area is 179 Å². The van der Waals surface area contributed by atoms with Gasteiger partial charge in [0.1, 0.15) is 12.4 Å². The molecule has 2 aromatic carbocycles. The summed E-state index contributed by atoms with van der Waals surface area (Å²) in [5, 5.41) is 8.90. The number of hydrogen-bond donors (Lipinski definition) is 3. The number of carbonyl (C=O) groups is 2. The molecule has 3 aromatic rings. The lowest BCUT2D eigenvalue weighted by Crippen LogP contribution is -2.19. The van der Waals surface area contributed by atoms with Gasteiger partial charge in [0, 0.05) is 17.9 Å². The molecule has 0 aliphatic carbocycles. The number of urea groups is 1. The Morgan fingerprint density at radius 2 is 1.57 bits per heavy atom. The van der Waals surface area contributed by atoms with Crippen LogP contribution in [0, 0.1) is 0 Å². The molecule has 0 fully saturated rings. The van der Waals surface area contributed by atoms with E-state index in [1.54, 1.807) is 36.4 Å². The summed E-state index contributed by atoms with van der Waals surface area (Å²) >= 11 is 1.20. The summed E-state index contributed by atoms with van der Waals surface area (Å²) in [6.45, 7) is 1.43. The summed E-state index contributed by atoms with van der Waals surface area (Å²) in [5.41, 5.74) is 1.36. The summed E-state index contributed by atoms with van der Waals surface area (Å²) in [5.74, 6) is 0.514. The Balaban J connectivity index is 1.50. The Bertz CT molecular complexity index is 972. The first-order valence-corrected chi connectivity index (χ1v) is 10.2. The quantitative estimate of drug-likeness (QED) is 0.494. The summed E-state index contributed by atoms with van der Waals surface area (Å²) in [4.78, 5) is 27.1. The Morgan fingerprint density at radius 1 is 0.867 bits per heavy atom. The molecule has 3 amide bonds. The number of anilines is 3. The fourth-order valence-electron chi connectivity index (χ4n) is 2.50. The number of hydrogen-bond acceptors (Lipinski definition) is 5. The third kappa shape index (κ3) is 6.61. The molecular weight excluding hydrogens is 400 g/mol. The van der Waals surface area contributed by atoms with E-state index in [1.807, 2.05) is 49.3 Å². The molecule has 0 unspecified atom stereocenters. The van der Waals surface area contributed by atoms with E-state index in [-0.39, 0.29) is 11.9 Å². The molecule has 3 N–H and O–H groups in total. The van der Waals surface area contributed by atoms with E-state index in [2.05, 4.69) is 16.0 Å². The highest BCUT2D eigenvalue weighted by Crippen LogP contribution is 2.24. The predicted molar refractivity (Wildman–Crippen MR) is 122 cm³/mol. The number of amides is 3. The van der Waals surface area contributed by atoms with Gasteiger partial charge in [0.25, 0.3) is 5.91 Å². The van der Waals surface area contributed by atoms with Gasteiger partial charge < -0.3 is 20.3 Å². The number of likely N-dealkylation sites (N-methyl/N-ethyl adjacent to an activating group) is 1. The maximum Gasteiger partial charge on any atom is 0.324 e. The first kappa shape index (κ1) is 21.4. The van der Waals surface area contributed by atoms with Crippen LogP contribution in [0.2, 0.25) is 0 Å². The zero-order valence-corrected chi connectivity index (χ0v) is 17.7. The second-order valence-corrected chi connectivity index (χ2v) is 7.82. The van der Waals surface area contributed by atoms with Gasteiger partial charge in [-0.15, -0.1) is 11.3 Å². The van der Waals surface area contributed by atoms with Gasteiger partial charge in [-0.3, -0.25) is 10.1 Å². The van der Waals surface area contributed by atoms with E-state index in [0.717, 1.165) is 12.3 Å². The van der Waals surface area contributed by atoms with Crippen LogP contribution in [0.5, 0.6) is 5.75 Å². The van der Waals surface area contributed by atoms with Crippen molar-refractivity contribution in [3.63, 3.8) is 0 Å². The van der Waals surface area contributed by atoms with Crippen molar-refractivity contribution < 1.29 is 14.3 Å². The number of thiophene rings is 1. The minimum absolute atomic E-state index is 0.238. The third-order valence-electron chi connectivity index (χ3n) is 4.02. The maximum absolute atomic E-state index is 12.5. The summed E-state index contributed by atoms with van der Waals surface area (Å²) < 4.78 is 5.65. The normalized spacial score (nSPS) is 10.5. The molecule has 0 spiro atoms. The fourth-order valence-corrected chi connectivity index (χ4v) is 3.29. The molecule has 156 valence electrons. The van der Waals surface area contributed by atoms with Gasteiger partial charge in [-0.2, -0.15) is 0 Å². The Hall–Kier alpha value is -3.36. The molecule has 0 saturated heterocycles. The fraction of sp³-hybridized carbons (Fsp3) is 0.182. The number of nitrogens with zero attached hydrogens (tertiary/aromatic N) is 1. The van der Waals surface area contributed by atoms with Crippen LogP contribution in [-0.2, 0) is 0 Å². The van der Waals surface area contributed by atoms with Gasteiger partial charge in [-0.25, -0.2) is 4.79 Å². The van der Waals surface area contributed by atoms with Gasteiger partial charge in [-0.1, -0.05) is 18.2 Å². The van der Waals surface area contributed by atoms with Gasteiger partial charge in [0.15, 0.2) is 0 Å². The van der Waals surface area contributed by atoms with Crippen molar-refractivity contribution in [1.29, 1.82) is 0 Å². The zero-order valence-electron chi connectivity index (χ0n) is 16.8. The van der Waals surface area contributed by atoms with Crippen molar-refractivity contribution >= 4 is 39.7 Å². The molecule has 0 saturated carbocycles. The smallest absolute Gasteiger partial charge is 0.324 e. The molecule has 3 rings (SSSR count). The maximum atomic E-state index is 12.5. The average Bonchev–Trinajstić information content (AvgIpc) is 3.18. The van der Waals surface area contributed by atoms with Gasteiger partial charge in [0.05, 0.1) is 9.88 Å². The molecule has 0 atom stereocenters.